The number of nitrogens with one attached hydrogen (secondary N) is 1. The van der Waals surface area contributed by atoms with Crippen LogP contribution >= 0.6 is 11.3 Å². The number of nitrogens with zero attached hydrogens (tertiary/aromatic N) is 3. The van der Waals surface area contributed by atoms with Gasteiger partial charge in [0.25, 0.3) is 15.9 Å². The molecule has 1 aromatic heterocycles. The maximum Gasteiger partial charge on any atom is 0.254 e. The number of aryl methyl sites for hydroxylation is 1. The van der Waals surface area contributed by atoms with Crippen LogP contribution in [0.15, 0.2) is 64.9 Å². The van der Waals surface area contributed by atoms with Crippen LogP contribution in [-0.2, 0) is 21.2 Å². The topological polar surface area (TPSA) is 120 Å². The van der Waals surface area contributed by atoms with E-state index in [1.807, 2.05) is 36.4 Å². The van der Waals surface area contributed by atoms with Crippen LogP contribution in [-0.4, -0.2) is 71.8 Å². The van der Waals surface area contributed by atoms with Crippen molar-refractivity contribution in [3.8, 4) is 0 Å². The van der Waals surface area contributed by atoms with Gasteiger partial charge in [-0.3, -0.25) is 9.59 Å². The molecule has 0 saturated heterocycles. The van der Waals surface area contributed by atoms with Gasteiger partial charge < -0.3 is 15.3 Å². The Bertz CT molecular complexity index is 1410. The van der Waals surface area contributed by atoms with E-state index >= 15 is 0 Å². The van der Waals surface area contributed by atoms with Crippen molar-refractivity contribution >= 4 is 38.3 Å². The lowest BCUT2D eigenvalue weighted by atomic mass is 10.1. The first-order chi connectivity index (χ1) is 19.6. The number of anilines is 1. The number of carbonyl (C=O) groups excluding carboxylic acids is 2. The van der Waals surface area contributed by atoms with Gasteiger partial charge in [0.05, 0.1) is 11.8 Å². The number of benzene rings is 2. The molecule has 0 unspecified atom stereocenters. The first-order valence-corrected chi connectivity index (χ1v) is 16.2. The third-order valence-corrected chi connectivity index (χ3v) is 10.7. The molecular weight excluding hydrogens is 560 g/mol. The first-order valence-electron chi connectivity index (χ1n) is 13.9. The normalized spacial score (nSPS) is 14.7. The molecule has 2 aromatic carbocycles. The summed E-state index contributed by atoms with van der Waals surface area (Å²) < 4.78 is 29.2. The van der Waals surface area contributed by atoms with Gasteiger partial charge in [-0.25, -0.2) is 13.4 Å². The lowest BCUT2D eigenvalue weighted by Crippen LogP contribution is -2.46. The van der Waals surface area contributed by atoms with Crippen LogP contribution in [0.1, 0.15) is 54.2 Å². The summed E-state index contributed by atoms with van der Waals surface area (Å²) in [5.41, 5.74) is 1.87. The van der Waals surface area contributed by atoms with Gasteiger partial charge in [0.2, 0.25) is 5.91 Å². The second-order valence-electron chi connectivity index (χ2n) is 10.6. The SMILES string of the molecule is CC(=O)Nc1nc(C)c(S(=O)(=O)N(CC2CCCC2)C[C@@H](O)CN(CCc2ccccc2)C(=O)c2ccccc2)s1. The Morgan fingerprint density at radius 3 is 2.32 bits per heavy atom. The molecule has 1 atom stereocenters. The van der Waals surface area contributed by atoms with Crippen molar-refractivity contribution in [3.63, 3.8) is 0 Å². The quantitative estimate of drug-likeness (QED) is 0.302. The summed E-state index contributed by atoms with van der Waals surface area (Å²) in [6, 6.07) is 18.7. The van der Waals surface area contributed by atoms with Crippen LogP contribution < -0.4 is 5.32 Å². The molecule has 0 radical (unpaired) electrons. The van der Waals surface area contributed by atoms with E-state index < -0.39 is 16.1 Å². The molecule has 3 aromatic rings. The molecule has 0 aliphatic heterocycles. The summed E-state index contributed by atoms with van der Waals surface area (Å²) in [5, 5.41) is 14.1. The highest BCUT2D eigenvalue weighted by Gasteiger charge is 2.34. The molecule has 4 rings (SSSR count). The molecule has 1 heterocycles. The van der Waals surface area contributed by atoms with Crippen LogP contribution in [0.2, 0.25) is 0 Å². The Labute approximate surface area is 246 Å². The molecule has 1 fully saturated rings. The average Bonchev–Trinajstić information content (AvgIpc) is 3.60. The van der Waals surface area contributed by atoms with Crippen molar-refractivity contribution in [1.29, 1.82) is 0 Å². The number of thiazole rings is 1. The van der Waals surface area contributed by atoms with E-state index in [-0.39, 0.29) is 46.7 Å². The highest BCUT2D eigenvalue weighted by molar-refractivity contribution is 7.91. The Morgan fingerprint density at radius 1 is 1.05 bits per heavy atom. The number of aromatic nitrogens is 1. The summed E-state index contributed by atoms with van der Waals surface area (Å²) in [5.74, 6) is -0.358. The molecule has 11 heteroatoms. The molecule has 2 amide bonds. The molecule has 2 N–H and O–H groups in total. The van der Waals surface area contributed by atoms with Crippen LogP contribution in [0.25, 0.3) is 0 Å². The zero-order chi connectivity index (χ0) is 29.4. The van der Waals surface area contributed by atoms with E-state index in [1.165, 1.54) is 11.2 Å². The number of amides is 2. The fraction of sp³-hybridized carbons (Fsp3) is 0.433. The predicted octanol–water partition coefficient (Wildman–Crippen LogP) is 4.34. The largest absolute Gasteiger partial charge is 0.390 e. The number of carbonyl (C=O) groups is 2. The Hall–Kier alpha value is -3.12. The summed E-state index contributed by atoms with van der Waals surface area (Å²) >= 11 is 0.911. The standard InChI is InChI=1S/C30H38N4O5S2/c1-22-29(40-30(31-22)32-23(2)35)41(38,39)34(19-25-13-9-10-14-25)21-27(36)20-33(18-17-24-11-5-3-6-12-24)28(37)26-15-7-4-8-16-26/h3-8,11-12,15-16,25,27,36H,9-10,13-14,17-21H2,1-2H3,(H,31,32,35)/t27-/m0/s1. The van der Waals surface area contributed by atoms with Gasteiger partial charge in [-0.05, 0) is 49.8 Å². The molecule has 1 aliphatic carbocycles. The van der Waals surface area contributed by atoms with Crippen molar-refractivity contribution in [3.05, 3.63) is 77.5 Å². The van der Waals surface area contributed by atoms with E-state index in [9.17, 15) is 23.1 Å². The molecule has 1 aliphatic rings. The maximum atomic E-state index is 13.9. The molecule has 220 valence electrons. The van der Waals surface area contributed by atoms with E-state index in [1.54, 1.807) is 36.1 Å². The smallest absolute Gasteiger partial charge is 0.254 e. The first kappa shape index (κ1) is 30.8. The number of rotatable bonds is 13. The second-order valence-corrected chi connectivity index (χ2v) is 13.7. The summed E-state index contributed by atoms with van der Waals surface area (Å²) in [7, 11) is -4.02. The molecule has 41 heavy (non-hydrogen) atoms. The highest BCUT2D eigenvalue weighted by atomic mass is 32.2. The Morgan fingerprint density at radius 2 is 1.68 bits per heavy atom. The van der Waals surface area contributed by atoms with Gasteiger partial charge in [-0.1, -0.05) is 72.7 Å². The lowest BCUT2D eigenvalue weighted by molar-refractivity contribution is -0.114. The van der Waals surface area contributed by atoms with Crippen molar-refractivity contribution in [2.45, 2.75) is 56.3 Å². The van der Waals surface area contributed by atoms with Crippen LogP contribution in [0.3, 0.4) is 0 Å². The van der Waals surface area contributed by atoms with Crippen LogP contribution in [0.5, 0.6) is 0 Å². The summed E-state index contributed by atoms with van der Waals surface area (Å²) in [4.78, 5) is 30.8. The van der Waals surface area contributed by atoms with Gasteiger partial charge >= 0.3 is 0 Å². The molecule has 0 spiro atoms. The third kappa shape index (κ3) is 8.45. The molecule has 9 nitrogen and oxygen atoms in total. The Kier molecular flexibility index (Phi) is 10.7. The lowest BCUT2D eigenvalue weighted by Gasteiger charge is -2.30. The minimum absolute atomic E-state index is 0.0178. The molecule has 0 bridgehead atoms. The maximum absolute atomic E-state index is 13.9. The minimum Gasteiger partial charge on any atom is -0.390 e. The predicted molar refractivity (Wildman–Crippen MR) is 160 cm³/mol. The van der Waals surface area contributed by atoms with Crippen molar-refractivity contribution < 1.29 is 23.1 Å². The van der Waals surface area contributed by atoms with Gasteiger partial charge in [0, 0.05) is 38.7 Å². The van der Waals surface area contributed by atoms with E-state index in [2.05, 4.69) is 10.3 Å². The van der Waals surface area contributed by atoms with Gasteiger partial charge in [0.1, 0.15) is 0 Å². The highest BCUT2D eigenvalue weighted by Crippen LogP contribution is 2.32. The monoisotopic (exact) mass is 598 g/mol. The van der Waals surface area contributed by atoms with E-state index in [0.29, 0.717) is 24.2 Å². The zero-order valence-corrected chi connectivity index (χ0v) is 25.2. The fourth-order valence-electron chi connectivity index (χ4n) is 5.19. The Balaban J connectivity index is 1.55. The summed E-state index contributed by atoms with van der Waals surface area (Å²) in [6.07, 6.45) is 3.44. The van der Waals surface area contributed by atoms with Crippen molar-refractivity contribution in [2.24, 2.45) is 5.92 Å². The second kappa shape index (κ2) is 14.2. The number of sulfonamides is 1. The number of aliphatic hydroxyl groups is 1. The fourth-order valence-corrected chi connectivity index (χ4v) is 8.34. The van der Waals surface area contributed by atoms with Gasteiger partial charge in [-0.15, -0.1) is 0 Å². The van der Waals surface area contributed by atoms with Gasteiger partial charge in [-0.2, -0.15) is 4.31 Å². The van der Waals surface area contributed by atoms with E-state index in [0.717, 1.165) is 42.6 Å². The third-order valence-electron chi connectivity index (χ3n) is 7.21. The van der Waals surface area contributed by atoms with E-state index in [4.69, 9.17) is 0 Å². The minimum atomic E-state index is -4.02. The number of aliphatic hydroxyl groups excluding tert-OH is 1. The van der Waals surface area contributed by atoms with Gasteiger partial charge in [0.15, 0.2) is 9.34 Å². The zero-order valence-electron chi connectivity index (χ0n) is 23.5. The molecular formula is C30H38N4O5S2. The number of hydrogen-bond donors (Lipinski definition) is 2. The van der Waals surface area contributed by atoms with Crippen molar-refractivity contribution in [1.82, 2.24) is 14.2 Å². The van der Waals surface area contributed by atoms with Crippen LogP contribution in [0, 0.1) is 12.8 Å². The summed E-state index contributed by atoms with van der Waals surface area (Å²) in [6.45, 7) is 3.42. The van der Waals surface area contributed by atoms with Crippen LogP contribution in [0.4, 0.5) is 5.13 Å². The van der Waals surface area contributed by atoms with Crippen molar-refractivity contribution in [2.75, 3.05) is 31.5 Å². The number of hydrogen-bond acceptors (Lipinski definition) is 7. The molecule has 1 saturated carbocycles. The average molecular weight is 599 g/mol.